The summed E-state index contributed by atoms with van der Waals surface area (Å²) in [5, 5.41) is 3.96. The second-order valence-electron chi connectivity index (χ2n) is 10.4. The first-order valence-electron chi connectivity index (χ1n) is 13.9. The monoisotopic (exact) mass is 539 g/mol. The molecule has 0 aliphatic rings. The van der Waals surface area contributed by atoms with Crippen LogP contribution >= 0.6 is 0 Å². The molecule has 5 heteroatoms. The summed E-state index contributed by atoms with van der Waals surface area (Å²) in [4.78, 5) is 15.1. The minimum absolute atomic E-state index is 0.678. The van der Waals surface area contributed by atoms with E-state index in [2.05, 4.69) is 54.6 Å². The fraction of sp³-hybridized carbons (Fsp3) is 0. The standard InChI is InChI=1S/C37H21N3O2/c1-2-10-22(11-3-1)32-25-12-4-7-15-28(25)38-37(40-32)24-20-18-23(19-21-24)33-35-31(26-13-5-8-16-29(26)41-35)36-34(39-33)27-14-6-9-17-30(27)42-36/h1-21H. The first-order chi connectivity index (χ1) is 20.8. The number of hydrogen-bond donors (Lipinski definition) is 0. The maximum atomic E-state index is 6.42. The van der Waals surface area contributed by atoms with Crippen molar-refractivity contribution in [3.05, 3.63) is 127 Å². The van der Waals surface area contributed by atoms with Crippen molar-refractivity contribution in [1.82, 2.24) is 15.0 Å². The fourth-order valence-electron chi connectivity index (χ4n) is 5.91. The lowest BCUT2D eigenvalue weighted by molar-refractivity contribution is 0.661. The Morgan fingerprint density at radius 2 is 1.00 bits per heavy atom. The van der Waals surface area contributed by atoms with Gasteiger partial charge in [-0.25, -0.2) is 15.0 Å². The topological polar surface area (TPSA) is 65.0 Å². The number of aromatic nitrogens is 3. The van der Waals surface area contributed by atoms with Gasteiger partial charge in [0.25, 0.3) is 0 Å². The molecule has 0 fully saturated rings. The average molecular weight is 540 g/mol. The fourth-order valence-corrected chi connectivity index (χ4v) is 5.91. The van der Waals surface area contributed by atoms with Crippen molar-refractivity contribution in [2.24, 2.45) is 0 Å². The van der Waals surface area contributed by atoms with Crippen LogP contribution in [0.25, 0.3) is 88.8 Å². The van der Waals surface area contributed by atoms with Crippen LogP contribution in [0.15, 0.2) is 136 Å². The Hall–Kier alpha value is -5.81. The Morgan fingerprint density at radius 3 is 1.81 bits per heavy atom. The van der Waals surface area contributed by atoms with Gasteiger partial charge < -0.3 is 8.83 Å². The van der Waals surface area contributed by atoms with Gasteiger partial charge in [-0.05, 0) is 24.3 Å². The zero-order valence-electron chi connectivity index (χ0n) is 22.3. The molecule has 0 bridgehead atoms. The summed E-state index contributed by atoms with van der Waals surface area (Å²) < 4.78 is 12.8. The molecule has 0 aliphatic heterocycles. The van der Waals surface area contributed by atoms with Crippen LogP contribution in [0.4, 0.5) is 0 Å². The Balaban J connectivity index is 1.25. The molecule has 196 valence electrons. The number of furan rings is 2. The van der Waals surface area contributed by atoms with Gasteiger partial charge in [0.2, 0.25) is 0 Å². The largest absolute Gasteiger partial charge is 0.454 e. The minimum atomic E-state index is 0.678. The summed E-state index contributed by atoms with van der Waals surface area (Å²) in [5.74, 6) is 0.678. The third kappa shape index (κ3) is 3.40. The smallest absolute Gasteiger partial charge is 0.165 e. The van der Waals surface area contributed by atoms with Crippen molar-refractivity contribution >= 4 is 54.9 Å². The first kappa shape index (κ1) is 22.9. The highest BCUT2D eigenvalue weighted by Crippen LogP contribution is 2.42. The third-order valence-electron chi connectivity index (χ3n) is 7.90. The zero-order valence-corrected chi connectivity index (χ0v) is 22.3. The van der Waals surface area contributed by atoms with E-state index in [1.54, 1.807) is 0 Å². The van der Waals surface area contributed by atoms with E-state index in [1.807, 2.05) is 72.8 Å². The van der Waals surface area contributed by atoms with Crippen molar-refractivity contribution in [3.63, 3.8) is 0 Å². The highest BCUT2D eigenvalue weighted by Gasteiger charge is 2.22. The van der Waals surface area contributed by atoms with E-state index in [1.165, 1.54) is 0 Å². The maximum Gasteiger partial charge on any atom is 0.165 e. The number of benzene rings is 5. The molecule has 0 radical (unpaired) electrons. The molecule has 4 heterocycles. The van der Waals surface area contributed by atoms with E-state index >= 15 is 0 Å². The van der Waals surface area contributed by atoms with Crippen molar-refractivity contribution in [1.29, 1.82) is 0 Å². The molecule has 0 saturated heterocycles. The number of fused-ring (bicyclic) bond motifs is 8. The SMILES string of the molecule is c1ccc(-c2nc(-c3ccc(-c4nc5c6ccccc6oc5c5c4oc4ccccc45)cc3)nc3ccccc23)cc1. The van der Waals surface area contributed by atoms with E-state index in [-0.39, 0.29) is 0 Å². The van der Waals surface area contributed by atoms with Gasteiger partial charge in [-0.2, -0.15) is 0 Å². The van der Waals surface area contributed by atoms with Gasteiger partial charge >= 0.3 is 0 Å². The summed E-state index contributed by atoms with van der Waals surface area (Å²) in [7, 11) is 0. The second kappa shape index (κ2) is 8.85. The van der Waals surface area contributed by atoms with E-state index in [0.29, 0.717) is 11.4 Å². The Labute approximate surface area is 239 Å². The van der Waals surface area contributed by atoms with E-state index in [9.17, 15) is 0 Å². The Kier molecular flexibility index (Phi) is 4.83. The highest BCUT2D eigenvalue weighted by atomic mass is 16.3. The lowest BCUT2D eigenvalue weighted by atomic mass is 10.0. The van der Waals surface area contributed by atoms with Crippen molar-refractivity contribution in [2.45, 2.75) is 0 Å². The summed E-state index contributed by atoms with van der Waals surface area (Å²) in [5.41, 5.74) is 9.43. The van der Waals surface area contributed by atoms with Crippen LogP contribution in [0.3, 0.4) is 0 Å². The van der Waals surface area contributed by atoms with Crippen LogP contribution in [-0.4, -0.2) is 15.0 Å². The quantitative estimate of drug-likeness (QED) is 0.224. The molecule has 0 N–H and O–H groups in total. The molecule has 0 saturated carbocycles. The Bertz CT molecular complexity index is 2460. The lowest BCUT2D eigenvalue weighted by Crippen LogP contribution is -1.95. The molecule has 0 aliphatic carbocycles. The van der Waals surface area contributed by atoms with Crippen LogP contribution in [-0.2, 0) is 0 Å². The van der Waals surface area contributed by atoms with Crippen LogP contribution in [0.2, 0.25) is 0 Å². The van der Waals surface area contributed by atoms with E-state index in [4.69, 9.17) is 23.8 Å². The highest BCUT2D eigenvalue weighted by molar-refractivity contribution is 6.23. The molecule has 4 aromatic heterocycles. The van der Waals surface area contributed by atoms with Crippen LogP contribution in [0.5, 0.6) is 0 Å². The molecular formula is C37H21N3O2. The van der Waals surface area contributed by atoms with E-state index < -0.39 is 0 Å². The van der Waals surface area contributed by atoms with Gasteiger partial charge in [-0.1, -0.05) is 103 Å². The van der Waals surface area contributed by atoms with Gasteiger partial charge in [-0.3, -0.25) is 0 Å². The predicted molar refractivity (Wildman–Crippen MR) is 168 cm³/mol. The molecular weight excluding hydrogens is 518 g/mol. The number of hydrogen-bond acceptors (Lipinski definition) is 5. The van der Waals surface area contributed by atoms with Gasteiger partial charge in [-0.15, -0.1) is 0 Å². The Morgan fingerprint density at radius 1 is 0.405 bits per heavy atom. The average Bonchev–Trinajstić information content (AvgIpc) is 3.63. The van der Waals surface area contributed by atoms with Crippen molar-refractivity contribution < 1.29 is 8.83 Å². The van der Waals surface area contributed by atoms with Gasteiger partial charge in [0.05, 0.1) is 16.6 Å². The van der Waals surface area contributed by atoms with Crippen molar-refractivity contribution in [2.75, 3.05) is 0 Å². The summed E-state index contributed by atoms with van der Waals surface area (Å²) in [6.45, 7) is 0. The summed E-state index contributed by atoms with van der Waals surface area (Å²) in [6.07, 6.45) is 0. The van der Waals surface area contributed by atoms with Crippen LogP contribution in [0.1, 0.15) is 0 Å². The van der Waals surface area contributed by atoms with Crippen LogP contribution < -0.4 is 0 Å². The lowest BCUT2D eigenvalue weighted by Gasteiger charge is -2.10. The number of pyridine rings is 1. The molecule has 5 aromatic carbocycles. The summed E-state index contributed by atoms with van der Waals surface area (Å²) in [6, 6.07) is 42.7. The molecule has 9 aromatic rings. The third-order valence-corrected chi connectivity index (χ3v) is 7.90. The number of para-hydroxylation sites is 3. The zero-order chi connectivity index (χ0) is 27.6. The van der Waals surface area contributed by atoms with Gasteiger partial charge in [0.15, 0.2) is 17.0 Å². The van der Waals surface area contributed by atoms with Crippen molar-refractivity contribution in [3.8, 4) is 33.9 Å². The van der Waals surface area contributed by atoms with Gasteiger partial charge in [0.1, 0.15) is 22.4 Å². The first-order valence-corrected chi connectivity index (χ1v) is 13.9. The molecule has 0 atom stereocenters. The second-order valence-corrected chi connectivity index (χ2v) is 10.4. The van der Waals surface area contributed by atoms with Crippen LogP contribution in [0, 0.1) is 0 Å². The van der Waals surface area contributed by atoms with E-state index in [0.717, 1.165) is 77.4 Å². The molecule has 0 amide bonds. The molecule has 0 unspecified atom stereocenters. The number of nitrogens with zero attached hydrogens (tertiary/aromatic N) is 3. The minimum Gasteiger partial charge on any atom is -0.454 e. The van der Waals surface area contributed by atoms with Gasteiger partial charge in [0, 0.05) is 32.8 Å². The molecule has 0 spiro atoms. The molecule has 9 rings (SSSR count). The molecule has 42 heavy (non-hydrogen) atoms. The maximum absolute atomic E-state index is 6.42. The number of rotatable bonds is 3. The normalized spacial score (nSPS) is 11.8. The predicted octanol–water partition coefficient (Wildman–Crippen LogP) is 9.82. The molecule has 5 nitrogen and oxygen atoms in total. The summed E-state index contributed by atoms with van der Waals surface area (Å²) >= 11 is 0.